The van der Waals surface area contributed by atoms with Crippen molar-refractivity contribution in [3.05, 3.63) is 72.6 Å². The van der Waals surface area contributed by atoms with Gasteiger partial charge in [0.1, 0.15) is 0 Å². The monoisotopic (exact) mass is 449 g/mol. The second-order valence-corrected chi connectivity index (χ2v) is 7.58. The first-order valence-electron chi connectivity index (χ1n) is 10.4. The topological polar surface area (TPSA) is 87.5 Å². The SMILES string of the molecule is CCC(F)(F)c1cccc(NC(=O)C2C(=O)N(c3cccc(-c4ncccn4)c3)N=C2C)c1. The van der Waals surface area contributed by atoms with Gasteiger partial charge in [-0.25, -0.2) is 18.7 Å². The number of carbonyl (C=O) groups excluding carboxylic acids is 2. The van der Waals surface area contributed by atoms with Gasteiger partial charge < -0.3 is 5.32 Å². The Bertz CT molecular complexity index is 1230. The number of nitrogens with one attached hydrogen (secondary N) is 1. The lowest BCUT2D eigenvalue weighted by atomic mass is 10.0. The Morgan fingerprint density at radius 2 is 1.82 bits per heavy atom. The van der Waals surface area contributed by atoms with Crippen LogP contribution in [0.3, 0.4) is 0 Å². The molecule has 0 bridgehead atoms. The first-order chi connectivity index (χ1) is 15.8. The number of halogens is 2. The number of rotatable bonds is 6. The second kappa shape index (κ2) is 8.85. The summed E-state index contributed by atoms with van der Waals surface area (Å²) in [5.74, 6) is -4.86. The van der Waals surface area contributed by atoms with E-state index in [1.807, 2.05) is 0 Å². The summed E-state index contributed by atoms with van der Waals surface area (Å²) in [7, 11) is 0. The number of aromatic nitrogens is 2. The van der Waals surface area contributed by atoms with Gasteiger partial charge in [-0.1, -0.05) is 31.2 Å². The quantitative estimate of drug-likeness (QED) is 0.556. The van der Waals surface area contributed by atoms with E-state index in [1.54, 1.807) is 49.6 Å². The molecule has 0 saturated carbocycles. The Hall–Kier alpha value is -4.01. The van der Waals surface area contributed by atoms with Crippen LogP contribution >= 0.6 is 0 Å². The number of alkyl halides is 2. The Morgan fingerprint density at radius 3 is 2.55 bits per heavy atom. The summed E-state index contributed by atoms with van der Waals surface area (Å²) in [6.45, 7) is 2.96. The number of hydrazone groups is 1. The minimum Gasteiger partial charge on any atom is -0.325 e. The molecule has 0 spiro atoms. The van der Waals surface area contributed by atoms with Crippen molar-refractivity contribution in [2.24, 2.45) is 11.0 Å². The van der Waals surface area contributed by atoms with Crippen LogP contribution in [0.4, 0.5) is 20.2 Å². The molecule has 1 aromatic heterocycles. The lowest BCUT2D eigenvalue weighted by Crippen LogP contribution is -2.36. The van der Waals surface area contributed by atoms with Crippen LogP contribution in [0.1, 0.15) is 25.8 Å². The fourth-order valence-corrected chi connectivity index (χ4v) is 3.52. The van der Waals surface area contributed by atoms with E-state index in [1.165, 1.54) is 31.2 Å². The van der Waals surface area contributed by atoms with E-state index in [0.717, 1.165) is 5.01 Å². The molecule has 1 aliphatic rings. The summed E-state index contributed by atoms with van der Waals surface area (Å²) < 4.78 is 28.0. The first-order valence-corrected chi connectivity index (χ1v) is 10.4. The smallest absolute Gasteiger partial charge is 0.273 e. The zero-order valence-corrected chi connectivity index (χ0v) is 18.0. The number of carbonyl (C=O) groups is 2. The molecule has 33 heavy (non-hydrogen) atoms. The molecule has 4 rings (SSSR count). The molecule has 0 radical (unpaired) electrons. The summed E-state index contributed by atoms with van der Waals surface area (Å²) in [6.07, 6.45) is 2.87. The van der Waals surface area contributed by atoms with Crippen molar-refractivity contribution in [3.8, 4) is 11.4 Å². The Morgan fingerprint density at radius 1 is 1.09 bits per heavy atom. The van der Waals surface area contributed by atoms with Gasteiger partial charge in [0.2, 0.25) is 5.91 Å². The van der Waals surface area contributed by atoms with E-state index < -0.39 is 23.7 Å². The minimum atomic E-state index is -3.01. The number of benzene rings is 2. The highest BCUT2D eigenvalue weighted by Crippen LogP contribution is 2.33. The van der Waals surface area contributed by atoms with Crippen LogP contribution in [0.5, 0.6) is 0 Å². The van der Waals surface area contributed by atoms with E-state index >= 15 is 0 Å². The van der Waals surface area contributed by atoms with Gasteiger partial charge in [0, 0.05) is 35.6 Å². The van der Waals surface area contributed by atoms with Crippen LogP contribution in [-0.2, 0) is 15.5 Å². The Kier molecular flexibility index (Phi) is 5.95. The van der Waals surface area contributed by atoms with Gasteiger partial charge in [-0.05, 0) is 37.3 Å². The summed E-state index contributed by atoms with van der Waals surface area (Å²) >= 11 is 0. The van der Waals surface area contributed by atoms with Crippen molar-refractivity contribution < 1.29 is 18.4 Å². The largest absolute Gasteiger partial charge is 0.325 e. The van der Waals surface area contributed by atoms with Crippen molar-refractivity contribution in [2.75, 3.05) is 10.3 Å². The molecule has 2 heterocycles. The van der Waals surface area contributed by atoms with Gasteiger partial charge in [0.15, 0.2) is 11.7 Å². The third-order valence-electron chi connectivity index (χ3n) is 5.30. The molecule has 1 N–H and O–H groups in total. The molecule has 0 aliphatic carbocycles. The summed E-state index contributed by atoms with van der Waals surface area (Å²) in [5, 5.41) is 8.00. The Balaban J connectivity index is 1.54. The highest BCUT2D eigenvalue weighted by molar-refractivity contribution is 6.28. The number of amides is 2. The van der Waals surface area contributed by atoms with Gasteiger partial charge in [-0.3, -0.25) is 9.59 Å². The maximum absolute atomic E-state index is 14.0. The van der Waals surface area contributed by atoms with Crippen molar-refractivity contribution >= 4 is 28.9 Å². The van der Waals surface area contributed by atoms with Crippen molar-refractivity contribution in [2.45, 2.75) is 26.2 Å². The molecule has 7 nitrogen and oxygen atoms in total. The zero-order chi connectivity index (χ0) is 23.6. The van der Waals surface area contributed by atoms with Gasteiger partial charge >= 0.3 is 0 Å². The van der Waals surface area contributed by atoms with Gasteiger partial charge in [0.05, 0.1) is 11.4 Å². The molecule has 168 valence electrons. The van der Waals surface area contributed by atoms with Crippen LogP contribution in [0.25, 0.3) is 11.4 Å². The lowest BCUT2D eigenvalue weighted by Gasteiger charge is -2.17. The molecule has 9 heteroatoms. The molecule has 1 atom stereocenters. The van der Waals surface area contributed by atoms with Crippen molar-refractivity contribution in [1.29, 1.82) is 0 Å². The zero-order valence-electron chi connectivity index (χ0n) is 18.0. The van der Waals surface area contributed by atoms with Gasteiger partial charge in [-0.2, -0.15) is 10.1 Å². The number of anilines is 2. The van der Waals surface area contributed by atoms with Gasteiger partial charge in [0.25, 0.3) is 11.8 Å². The third-order valence-corrected chi connectivity index (χ3v) is 5.30. The fourth-order valence-electron chi connectivity index (χ4n) is 3.52. The van der Waals surface area contributed by atoms with Crippen LogP contribution in [0.15, 0.2) is 72.1 Å². The van der Waals surface area contributed by atoms with E-state index in [9.17, 15) is 18.4 Å². The summed E-state index contributed by atoms with van der Waals surface area (Å²) in [5.41, 5.74) is 1.44. The fraction of sp³-hybridized carbons (Fsp3) is 0.208. The average molecular weight is 449 g/mol. The Labute approximate surface area is 189 Å². The average Bonchev–Trinajstić information content (AvgIpc) is 3.13. The summed E-state index contributed by atoms with van der Waals surface area (Å²) in [6, 6.07) is 14.1. The number of hydrogen-bond donors (Lipinski definition) is 1. The van der Waals surface area contributed by atoms with Crippen molar-refractivity contribution in [3.63, 3.8) is 0 Å². The first kappa shape index (κ1) is 22.2. The maximum Gasteiger partial charge on any atom is 0.273 e. The molecule has 1 unspecified atom stereocenters. The van der Waals surface area contributed by atoms with E-state index in [4.69, 9.17) is 0 Å². The lowest BCUT2D eigenvalue weighted by molar-refractivity contribution is -0.127. The van der Waals surface area contributed by atoms with Crippen LogP contribution in [0.2, 0.25) is 0 Å². The highest BCUT2D eigenvalue weighted by atomic mass is 19.3. The molecule has 1 aliphatic heterocycles. The molecule has 3 aromatic rings. The number of nitrogens with zero attached hydrogens (tertiary/aromatic N) is 4. The summed E-state index contributed by atoms with van der Waals surface area (Å²) in [4.78, 5) is 34.4. The molecular formula is C24H21F2N5O2. The molecular weight excluding hydrogens is 428 g/mol. The normalized spacial score (nSPS) is 16.0. The van der Waals surface area contributed by atoms with Crippen LogP contribution in [-0.4, -0.2) is 27.5 Å². The minimum absolute atomic E-state index is 0.188. The van der Waals surface area contributed by atoms with E-state index in [-0.39, 0.29) is 17.7 Å². The molecule has 2 aromatic carbocycles. The predicted molar refractivity (Wildman–Crippen MR) is 121 cm³/mol. The third kappa shape index (κ3) is 4.48. The molecule has 0 fully saturated rings. The van der Waals surface area contributed by atoms with Crippen LogP contribution in [0, 0.1) is 5.92 Å². The van der Waals surface area contributed by atoms with E-state index in [2.05, 4.69) is 20.4 Å². The predicted octanol–water partition coefficient (Wildman–Crippen LogP) is 4.62. The standard InChI is InChI=1S/C24H21F2N5O2/c1-3-24(25,26)17-8-5-9-18(14-17)29-22(32)20-15(2)30-31(23(20)33)19-10-4-7-16(13-19)21-27-11-6-12-28-21/h4-14,20H,3H2,1-2H3,(H,29,32). The van der Waals surface area contributed by atoms with Gasteiger partial charge in [-0.15, -0.1) is 0 Å². The van der Waals surface area contributed by atoms with Crippen molar-refractivity contribution in [1.82, 2.24) is 9.97 Å². The highest BCUT2D eigenvalue weighted by Gasteiger charge is 2.40. The second-order valence-electron chi connectivity index (χ2n) is 7.58. The molecule has 0 saturated heterocycles. The molecule has 2 amide bonds. The number of hydrogen-bond acceptors (Lipinski definition) is 5. The van der Waals surface area contributed by atoms with Crippen LogP contribution < -0.4 is 10.3 Å². The van der Waals surface area contributed by atoms with E-state index in [0.29, 0.717) is 22.8 Å². The maximum atomic E-state index is 14.0.